The van der Waals surface area contributed by atoms with Gasteiger partial charge in [0, 0.05) is 0 Å². The van der Waals surface area contributed by atoms with Crippen molar-refractivity contribution in [1.82, 2.24) is 0 Å². The second-order valence-corrected chi connectivity index (χ2v) is 31.5. The molecule has 0 unspecified atom stereocenters. The molecular formula is C7H15Cl5SiSn. The molecular weight excluding hydrogens is 408 g/mol. The zero-order chi connectivity index (χ0) is 11.2. The van der Waals surface area contributed by atoms with Crippen molar-refractivity contribution in [2.45, 2.75) is 41.1 Å². The number of hydrogen-bond acceptors (Lipinski definition) is 0. The molecule has 7 heteroatoms. The third kappa shape index (κ3) is 11.0. The summed E-state index contributed by atoms with van der Waals surface area (Å²) in [7, 11) is 12.6. The van der Waals surface area contributed by atoms with Crippen molar-refractivity contribution in [3.05, 3.63) is 0 Å². The molecule has 0 saturated carbocycles. The van der Waals surface area contributed by atoms with Gasteiger partial charge in [-0.15, -0.1) is 0 Å². The van der Waals surface area contributed by atoms with Crippen molar-refractivity contribution >= 4 is 73.2 Å². The summed E-state index contributed by atoms with van der Waals surface area (Å²) in [5, 5.41) is 0. The summed E-state index contributed by atoms with van der Waals surface area (Å²) in [4.78, 5) is 0. The summed E-state index contributed by atoms with van der Waals surface area (Å²) in [6.45, 7) is 2.14. The summed E-state index contributed by atoms with van der Waals surface area (Å²) in [6.07, 6.45) is 3.17. The van der Waals surface area contributed by atoms with E-state index >= 15 is 0 Å². The molecule has 0 radical (unpaired) electrons. The molecule has 0 aromatic carbocycles. The fraction of sp³-hybridized carbons (Fsp3) is 1.00. The van der Waals surface area contributed by atoms with Crippen LogP contribution in [-0.2, 0) is 0 Å². The molecule has 0 rings (SSSR count). The van der Waals surface area contributed by atoms with Crippen LogP contribution in [0.2, 0.25) is 14.9 Å². The third-order valence-corrected chi connectivity index (χ3v) is 15.8. The Morgan fingerprint density at radius 3 is 1.93 bits per heavy atom. The molecule has 0 atom stereocenters. The van der Waals surface area contributed by atoms with E-state index in [0.29, 0.717) is 6.04 Å². The van der Waals surface area contributed by atoms with Gasteiger partial charge in [-0.1, -0.05) is 0 Å². The van der Waals surface area contributed by atoms with Crippen molar-refractivity contribution in [1.29, 1.82) is 0 Å². The molecule has 86 valence electrons. The Bertz CT molecular complexity index is 159. The van der Waals surface area contributed by atoms with Gasteiger partial charge < -0.3 is 0 Å². The Hall–Kier alpha value is 2.47. The van der Waals surface area contributed by atoms with E-state index in [1.54, 1.807) is 0 Å². The van der Waals surface area contributed by atoms with Gasteiger partial charge in [0.15, 0.2) is 0 Å². The maximum atomic E-state index is 6.31. The Balaban J connectivity index is 3.65. The van der Waals surface area contributed by atoms with E-state index < -0.39 is 22.1 Å². The van der Waals surface area contributed by atoms with Gasteiger partial charge in [0.05, 0.1) is 0 Å². The van der Waals surface area contributed by atoms with Crippen LogP contribution in [0.5, 0.6) is 0 Å². The van der Waals surface area contributed by atoms with Crippen LogP contribution in [0.1, 0.15) is 26.2 Å². The van der Waals surface area contributed by atoms with E-state index in [1.165, 1.54) is 0 Å². The molecule has 0 spiro atoms. The van der Waals surface area contributed by atoms with Gasteiger partial charge in [0.1, 0.15) is 0 Å². The van der Waals surface area contributed by atoms with Crippen LogP contribution >= 0.6 is 51.1 Å². The molecule has 14 heavy (non-hydrogen) atoms. The fourth-order valence-electron chi connectivity index (χ4n) is 1.11. The van der Waals surface area contributed by atoms with Gasteiger partial charge in [-0.25, -0.2) is 0 Å². The Kier molecular flexibility index (Phi) is 9.09. The molecule has 0 N–H and O–H groups in total. The minimum atomic E-state index is -2.75. The van der Waals surface area contributed by atoms with E-state index in [2.05, 4.69) is 6.92 Å². The Morgan fingerprint density at radius 2 is 1.50 bits per heavy atom. The van der Waals surface area contributed by atoms with Crippen molar-refractivity contribution in [2.75, 3.05) is 0 Å². The van der Waals surface area contributed by atoms with Gasteiger partial charge in [-0.3, -0.25) is 0 Å². The van der Waals surface area contributed by atoms with Crippen LogP contribution in [0, 0.1) is 0 Å². The van der Waals surface area contributed by atoms with Crippen molar-refractivity contribution < 1.29 is 0 Å². The van der Waals surface area contributed by atoms with Crippen molar-refractivity contribution in [2.24, 2.45) is 0 Å². The number of rotatable bonds is 7. The normalized spacial score (nSPS) is 13.3. The quantitative estimate of drug-likeness (QED) is 0.361. The van der Waals surface area contributed by atoms with Gasteiger partial charge in [-0.2, -0.15) is 0 Å². The standard InChI is InChI=1S/C4H9.C3H6Cl3Si.2ClH.Sn/c1-3-4-2;1-2-3-7(4,5)6;;;/h1,3-4H2,2H3;1-3H2;2*1H;/q;;;;+2/p-2. The summed E-state index contributed by atoms with van der Waals surface area (Å²) in [5.41, 5.74) is 0. The van der Waals surface area contributed by atoms with Gasteiger partial charge in [-0.05, 0) is 0 Å². The maximum absolute atomic E-state index is 6.31. The number of halogens is 5. The molecule has 0 fully saturated rings. The van der Waals surface area contributed by atoms with E-state index in [0.717, 1.165) is 28.1 Å². The first kappa shape index (κ1) is 16.5. The number of hydrogen-bond donors (Lipinski definition) is 0. The summed E-state index contributed by atoms with van der Waals surface area (Å²) in [6, 6.07) is -1.77. The first-order valence-electron chi connectivity index (χ1n) is 4.71. The monoisotopic (exact) mass is 422 g/mol. The van der Waals surface area contributed by atoms with Crippen molar-refractivity contribution in [3.8, 4) is 0 Å². The predicted molar refractivity (Wildman–Crippen MR) is 74.7 cm³/mol. The van der Waals surface area contributed by atoms with Crippen LogP contribution in [0.15, 0.2) is 0 Å². The molecule has 0 heterocycles. The first-order valence-corrected chi connectivity index (χ1v) is 21.2. The number of unbranched alkanes of at least 4 members (excludes halogenated alkanes) is 1. The zero-order valence-electron chi connectivity index (χ0n) is 8.13. The molecule has 0 nitrogen and oxygen atoms in total. The topological polar surface area (TPSA) is 0 Å². The molecule has 0 aliphatic carbocycles. The van der Waals surface area contributed by atoms with E-state index in [9.17, 15) is 0 Å². The van der Waals surface area contributed by atoms with Gasteiger partial charge in [0.25, 0.3) is 0 Å². The average molecular weight is 423 g/mol. The molecule has 0 aromatic rings. The SMILES string of the molecule is CCC[CH2][Sn]([Cl])([Cl])[CH2]CC[Si](Cl)(Cl)Cl. The Labute approximate surface area is 113 Å². The second-order valence-electron chi connectivity index (χ2n) is 3.43. The third-order valence-electron chi connectivity index (χ3n) is 1.90. The van der Waals surface area contributed by atoms with Crippen LogP contribution < -0.4 is 0 Å². The van der Waals surface area contributed by atoms with Crippen LogP contribution in [0.25, 0.3) is 0 Å². The van der Waals surface area contributed by atoms with E-state index in [4.69, 9.17) is 51.1 Å². The van der Waals surface area contributed by atoms with Crippen LogP contribution in [-0.4, -0.2) is 22.1 Å². The fourth-order valence-corrected chi connectivity index (χ4v) is 12.7. The molecule has 0 amide bonds. The first-order chi connectivity index (χ1) is 6.27. The van der Waals surface area contributed by atoms with E-state index in [-0.39, 0.29) is 0 Å². The van der Waals surface area contributed by atoms with Crippen LogP contribution in [0.3, 0.4) is 0 Å². The van der Waals surface area contributed by atoms with Gasteiger partial charge in [0.2, 0.25) is 0 Å². The predicted octanol–water partition coefficient (Wildman–Crippen LogP) is 5.75. The molecule has 0 aliphatic rings. The minimum absolute atomic E-state index is 0.682. The van der Waals surface area contributed by atoms with E-state index in [1.807, 2.05) is 0 Å². The van der Waals surface area contributed by atoms with Crippen LogP contribution in [0.4, 0.5) is 0 Å². The second kappa shape index (κ2) is 7.73. The summed E-state index contributed by atoms with van der Waals surface area (Å²) >= 11 is 14.6. The average Bonchev–Trinajstić information content (AvgIpc) is 1.98. The summed E-state index contributed by atoms with van der Waals surface area (Å²) < 4.78 is 1.94. The molecule has 0 aromatic heterocycles. The zero-order valence-corrected chi connectivity index (χ0v) is 15.8. The van der Waals surface area contributed by atoms with Gasteiger partial charge >= 0.3 is 114 Å². The molecule has 0 bridgehead atoms. The summed E-state index contributed by atoms with van der Waals surface area (Å²) in [5.74, 6) is 0. The Morgan fingerprint density at radius 1 is 1.00 bits per heavy atom. The van der Waals surface area contributed by atoms with Crippen molar-refractivity contribution in [3.63, 3.8) is 0 Å². The molecule has 0 aliphatic heterocycles. The molecule has 0 saturated heterocycles.